The molecule has 0 spiro atoms. The number of carbonyl (C=O) groups is 1. The van der Waals surface area contributed by atoms with E-state index in [9.17, 15) is 13.2 Å². The zero-order valence-electron chi connectivity index (χ0n) is 11.8. The molecule has 0 aromatic heterocycles. The van der Waals surface area contributed by atoms with Crippen LogP contribution in [0.15, 0.2) is 40.8 Å². The molecule has 1 aromatic carbocycles. The molecule has 0 radical (unpaired) electrons. The van der Waals surface area contributed by atoms with Crippen molar-refractivity contribution in [2.75, 3.05) is 13.6 Å². The zero-order valence-corrected chi connectivity index (χ0v) is 12.6. The van der Waals surface area contributed by atoms with Gasteiger partial charge in [-0.3, -0.25) is 4.79 Å². The van der Waals surface area contributed by atoms with Gasteiger partial charge in [0, 0.05) is 7.05 Å². The average molecular weight is 293 g/mol. The molecule has 1 aliphatic rings. The molecule has 0 heterocycles. The highest BCUT2D eigenvalue weighted by Gasteiger charge is 2.22. The van der Waals surface area contributed by atoms with Gasteiger partial charge in [0.2, 0.25) is 10.0 Å². The van der Waals surface area contributed by atoms with E-state index >= 15 is 0 Å². The summed E-state index contributed by atoms with van der Waals surface area (Å²) >= 11 is 0. The molecule has 0 bridgehead atoms. The summed E-state index contributed by atoms with van der Waals surface area (Å²) in [6.07, 6.45) is 4.63. The van der Waals surface area contributed by atoms with Crippen LogP contribution in [0.1, 0.15) is 24.8 Å². The Labute approximate surface area is 120 Å². The van der Waals surface area contributed by atoms with Gasteiger partial charge in [-0.05, 0) is 44.4 Å². The molecule has 1 aliphatic carbocycles. The van der Waals surface area contributed by atoms with E-state index < -0.39 is 10.0 Å². The minimum Gasteiger partial charge on any atom is -0.293 e. The SMILES string of the molecule is Cc1ccc(S(=O)(=O)N(C)CC(=O)C=C2CCC2)cc1. The van der Waals surface area contributed by atoms with Gasteiger partial charge in [0.25, 0.3) is 0 Å². The van der Waals surface area contributed by atoms with Crippen LogP contribution in [-0.4, -0.2) is 32.1 Å². The van der Waals surface area contributed by atoms with Crippen molar-refractivity contribution in [1.29, 1.82) is 0 Å². The molecule has 5 heteroatoms. The summed E-state index contributed by atoms with van der Waals surface area (Å²) in [7, 11) is -2.16. The highest BCUT2D eigenvalue weighted by atomic mass is 32.2. The molecule has 0 N–H and O–H groups in total. The van der Waals surface area contributed by atoms with Gasteiger partial charge >= 0.3 is 0 Å². The van der Waals surface area contributed by atoms with Crippen molar-refractivity contribution in [2.24, 2.45) is 0 Å². The second-order valence-corrected chi connectivity index (χ2v) is 7.24. The van der Waals surface area contributed by atoms with Gasteiger partial charge in [0.15, 0.2) is 5.78 Å². The van der Waals surface area contributed by atoms with E-state index in [0.29, 0.717) is 0 Å². The summed E-state index contributed by atoms with van der Waals surface area (Å²) in [5, 5.41) is 0. The Morgan fingerprint density at radius 1 is 1.25 bits per heavy atom. The minimum absolute atomic E-state index is 0.111. The lowest BCUT2D eigenvalue weighted by Gasteiger charge is -2.18. The maximum absolute atomic E-state index is 12.3. The molecule has 4 nitrogen and oxygen atoms in total. The van der Waals surface area contributed by atoms with Crippen LogP contribution in [0, 0.1) is 6.92 Å². The first-order valence-corrected chi connectivity index (χ1v) is 8.09. The molecule has 1 saturated carbocycles. The van der Waals surface area contributed by atoms with Gasteiger partial charge < -0.3 is 0 Å². The van der Waals surface area contributed by atoms with Gasteiger partial charge in [0.05, 0.1) is 11.4 Å². The molecular formula is C15H19NO3S. The van der Waals surface area contributed by atoms with Crippen LogP contribution >= 0.6 is 0 Å². The topological polar surface area (TPSA) is 54.5 Å². The lowest BCUT2D eigenvalue weighted by molar-refractivity contribution is -0.114. The van der Waals surface area contributed by atoms with Crippen LogP contribution in [0.3, 0.4) is 0 Å². The van der Waals surface area contributed by atoms with Gasteiger partial charge in [-0.1, -0.05) is 23.3 Å². The van der Waals surface area contributed by atoms with Crippen molar-refractivity contribution in [3.63, 3.8) is 0 Å². The highest BCUT2D eigenvalue weighted by molar-refractivity contribution is 7.89. The number of rotatable bonds is 5. The number of hydrogen-bond acceptors (Lipinski definition) is 3. The van der Waals surface area contributed by atoms with Gasteiger partial charge in [-0.2, -0.15) is 4.31 Å². The summed E-state index contributed by atoms with van der Waals surface area (Å²) in [6, 6.07) is 6.63. The Balaban J connectivity index is 2.08. The van der Waals surface area contributed by atoms with Crippen LogP contribution in [-0.2, 0) is 14.8 Å². The summed E-state index contributed by atoms with van der Waals surface area (Å²) in [4.78, 5) is 12.0. The van der Waals surface area contributed by atoms with Crippen molar-refractivity contribution >= 4 is 15.8 Å². The van der Waals surface area contributed by atoms with Gasteiger partial charge in [-0.15, -0.1) is 0 Å². The number of aryl methyl sites for hydroxylation is 1. The van der Waals surface area contributed by atoms with E-state index in [2.05, 4.69) is 0 Å². The van der Waals surface area contributed by atoms with Crippen LogP contribution in [0.25, 0.3) is 0 Å². The predicted molar refractivity (Wildman–Crippen MR) is 77.9 cm³/mol. The van der Waals surface area contributed by atoms with E-state index in [4.69, 9.17) is 0 Å². The zero-order chi connectivity index (χ0) is 14.8. The maximum atomic E-state index is 12.3. The van der Waals surface area contributed by atoms with Crippen LogP contribution in [0.5, 0.6) is 0 Å². The number of nitrogens with zero attached hydrogens (tertiary/aromatic N) is 1. The van der Waals surface area contributed by atoms with Crippen molar-refractivity contribution < 1.29 is 13.2 Å². The number of likely N-dealkylation sites (N-methyl/N-ethyl adjacent to an activating group) is 1. The number of benzene rings is 1. The molecule has 0 saturated heterocycles. The largest absolute Gasteiger partial charge is 0.293 e. The lowest BCUT2D eigenvalue weighted by atomic mass is 9.91. The Bertz CT molecular complexity index is 624. The smallest absolute Gasteiger partial charge is 0.243 e. The standard InChI is InChI=1S/C15H19NO3S/c1-12-6-8-15(9-7-12)20(18,19)16(2)11-14(17)10-13-4-3-5-13/h6-10H,3-5,11H2,1-2H3. The van der Waals surface area contributed by atoms with Crippen molar-refractivity contribution in [1.82, 2.24) is 4.31 Å². The van der Waals surface area contributed by atoms with Crippen LogP contribution in [0.2, 0.25) is 0 Å². The van der Waals surface area contributed by atoms with Crippen molar-refractivity contribution in [3.05, 3.63) is 41.5 Å². The fourth-order valence-corrected chi connectivity index (χ4v) is 3.13. The number of hydrogen-bond donors (Lipinski definition) is 0. The molecule has 0 unspecified atom stereocenters. The van der Waals surface area contributed by atoms with Gasteiger partial charge in [-0.25, -0.2) is 8.42 Å². The molecular weight excluding hydrogens is 274 g/mol. The summed E-state index contributed by atoms with van der Waals surface area (Å²) < 4.78 is 25.7. The lowest BCUT2D eigenvalue weighted by Crippen LogP contribution is -2.31. The van der Waals surface area contributed by atoms with Gasteiger partial charge in [0.1, 0.15) is 0 Å². The summed E-state index contributed by atoms with van der Waals surface area (Å²) in [5.41, 5.74) is 2.12. The van der Waals surface area contributed by atoms with Crippen LogP contribution < -0.4 is 0 Å². The highest BCUT2D eigenvalue weighted by Crippen LogP contribution is 2.25. The molecule has 0 amide bonds. The third kappa shape index (κ3) is 3.35. The van der Waals surface area contributed by atoms with E-state index in [1.165, 1.54) is 7.05 Å². The monoisotopic (exact) mass is 293 g/mol. The minimum atomic E-state index is -3.59. The molecule has 1 aromatic rings. The number of ketones is 1. The summed E-state index contributed by atoms with van der Waals surface area (Å²) in [6.45, 7) is 1.79. The first-order valence-electron chi connectivity index (χ1n) is 6.65. The quantitative estimate of drug-likeness (QED) is 0.783. The van der Waals surface area contributed by atoms with Crippen LogP contribution in [0.4, 0.5) is 0 Å². The fraction of sp³-hybridized carbons (Fsp3) is 0.400. The van der Waals surface area contributed by atoms with Crippen molar-refractivity contribution in [3.8, 4) is 0 Å². The first kappa shape index (κ1) is 14.9. The third-order valence-corrected chi connectivity index (χ3v) is 5.29. The third-order valence-electron chi connectivity index (χ3n) is 3.47. The Morgan fingerprint density at radius 2 is 1.85 bits per heavy atom. The molecule has 1 fully saturated rings. The van der Waals surface area contributed by atoms with E-state index in [-0.39, 0.29) is 17.2 Å². The van der Waals surface area contributed by atoms with E-state index in [0.717, 1.165) is 34.7 Å². The normalized spacial score (nSPS) is 15.1. The summed E-state index contributed by atoms with van der Waals surface area (Å²) in [5.74, 6) is -0.155. The molecule has 0 aliphatic heterocycles. The Hall–Kier alpha value is -1.46. The Morgan fingerprint density at radius 3 is 2.35 bits per heavy atom. The fourth-order valence-electron chi connectivity index (χ4n) is 1.99. The van der Waals surface area contributed by atoms with E-state index in [1.807, 2.05) is 6.92 Å². The first-order chi connectivity index (χ1) is 9.39. The number of allylic oxidation sites excluding steroid dienone is 1. The number of sulfonamides is 1. The Kier molecular flexibility index (Phi) is 4.40. The molecule has 0 atom stereocenters. The van der Waals surface area contributed by atoms with Crippen molar-refractivity contribution in [2.45, 2.75) is 31.1 Å². The number of carbonyl (C=O) groups excluding carboxylic acids is 1. The molecule has 108 valence electrons. The predicted octanol–water partition coefficient (Wildman–Crippen LogP) is 2.29. The second kappa shape index (κ2) is 5.89. The second-order valence-electron chi connectivity index (χ2n) is 5.20. The van der Waals surface area contributed by atoms with E-state index in [1.54, 1.807) is 30.3 Å². The molecule has 20 heavy (non-hydrogen) atoms. The maximum Gasteiger partial charge on any atom is 0.243 e. The molecule has 2 rings (SSSR count). The average Bonchev–Trinajstić information content (AvgIpc) is 2.34.